The molecule has 0 bridgehead atoms. The number of halogens is 3. The molecule has 0 aliphatic heterocycles. The zero-order valence-electron chi connectivity index (χ0n) is 9.05. The average Bonchev–Trinajstić information content (AvgIpc) is 2.94. The molecule has 0 spiro atoms. The number of aromatic nitrogens is 3. The van der Waals surface area contributed by atoms with E-state index in [2.05, 4.69) is 10.1 Å². The lowest BCUT2D eigenvalue weighted by Crippen LogP contribution is -2.04. The normalized spacial score (nSPS) is 12.2. The SMILES string of the molecule is FC(F)(F)c1cc(-c2c[nH]c3ccccc23)n[nH]1. The molecule has 1 aromatic carbocycles. The van der Waals surface area contributed by atoms with Gasteiger partial charge in [-0.05, 0) is 12.1 Å². The fraction of sp³-hybridized carbons (Fsp3) is 0.0833. The van der Waals surface area contributed by atoms with Gasteiger partial charge in [0.05, 0.1) is 5.69 Å². The Labute approximate surface area is 99.6 Å². The molecule has 92 valence electrons. The molecule has 0 atom stereocenters. The number of para-hydroxylation sites is 1. The van der Waals surface area contributed by atoms with Crippen molar-refractivity contribution in [2.45, 2.75) is 6.18 Å². The topological polar surface area (TPSA) is 44.5 Å². The van der Waals surface area contributed by atoms with E-state index in [1.807, 2.05) is 29.4 Å². The molecule has 2 aromatic heterocycles. The molecular weight excluding hydrogens is 243 g/mol. The predicted octanol–water partition coefficient (Wildman–Crippen LogP) is 3.58. The standard InChI is InChI=1S/C12H8F3N3/c13-12(14,15)11-5-10(17-18-11)8-6-16-9-4-2-1-3-7(8)9/h1-6,16H,(H,17,18). The lowest BCUT2D eigenvalue weighted by molar-refractivity contribution is -0.141. The van der Waals surface area contributed by atoms with Crippen molar-refractivity contribution in [2.75, 3.05) is 0 Å². The molecule has 0 amide bonds. The Bertz CT molecular complexity index is 694. The van der Waals surface area contributed by atoms with Crippen LogP contribution in [0.25, 0.3) is 22.2 Å². The fourth-order valence-corrected chi connectivity index (χ4v) is 1.89. The molecule has 0 unspecified atom stereocenters. The number of rotatable bonds is 1. The van der Waals surface area contributed by atoms with Crippen molar-refractivity contribution in [3.05, 3.63) is 42.2 Å². The highest BCUT2D eigenvalue weighted by molar-refractivity contribution is 5.94. The Hall–Kier alpha value is -2.24. The van der Waals surface area contributed by atoms with E-state index in [9.17, 15) is 13.2 Å². The van der Waals surface area contributed by atoms with E-state index >= 15 is 0 Å². The molecule has 3 rings (SSSR count). The van der Waals surface area contributed by atoms with Crippen molar-refractivity contribution in [3.63, 3.8) is 0 Å². The largest absolute Gasteiger partial charge is 0.432 e. The maximum atomic E-state index is 12.5. The first-order valence-electron chi connectivity index (χ1n) is 5.25. The number of H-pyrrole nitrogens is 2. The molecule has 2 heterocycles. The van der Waals surface area contributed by atoms with E-state index in [-0.39, 0.29) is 5.69 Å². The molecule has 0 saturated carbocycles. The van der Waals surface area contributed by atoms with Gasteiger partial charge in [0.25, 0.3) is 0 Å². The van der Waals surface area contributed by atoms with Crippen LogP contribution in [0, 0.1) is 0 Å². The third-order valence-corrected chi connectivity index (χ3v) is 2.75. The van der Waals surface area contributed by atoms with E-state index < -0.39 is 11.9 Å². The van der Waals surface area contributed by atoms with Gasteiger partial charge in [-0.3, -0.25) is 5.10 Å². The Balaban J connectivity index is 2.13. The van der Waals surface area contributed by atoms with Crippen molar-refractivity contribution in [1.29, 1.82) is 0 Å². The number of hydrogen-bond donors (Lipinski definition) is 2. The number of fused-ring (bicyclic) bond motifs is 1. The van der Waals surface area contributed by atoms with Gasteiger partial charge in [-0.25, -0.2) is 0 Å². The molecule has 0 radical (unpaired) electrons. The minimum atomic E-state index is -4.41. The van der Waals surface area contributed by atoms with Crippen LogP contribution in [0.3, 0.4) is 0 Å². The smallest absolute Gasteiger partial charge is 0.360 e. The van der Waals surface area contributed by atoms with Crippen LogP contribution < -0.4 is 0 Å². The summed E-state index contributed by atoms with van der Waals surface area (Å²) in [6.07, 6.45) is -2.75. The van der Waals surface area contributed by atoms with Gasteiger partial charge in [-0.1, -0.05) is 18.2 Å². The van der Waals surface area contributed by atoms with Gasteiger partial charge < -0.3 is 4.98 Å². The summed E-state index contributed by atoms with van der Waals surface area (Å²) in [5.41, 5.74) is 0.948. The van der Waals surface area contributed by atoms with Crippen LogP contribution in [0.1, 0.15) is 5.69 Å². The molecule has 0 saturated heterocycles. The molecule has 6 heteroatoms. The van der Waals surface area contributed by atoms with E-state index in [4.69, 9.17) is 0 Å². The first-order chi connectivity index (χ1) is 8.55. The van der Waals surface area contributed by atoms with Crippen LogP contribution in [0.4, 0.5) is 13.2 Å². The first kappa shape index (κ1) is 10.9. The molecule has 0 fully saturated rings. The zero-order valence-corrected chi connectivity index (χ0v) is 9.05. The van der Waals surface area contributed by atoms with Crippen LogP contribution in [-0.4, -0.2) is 15.2 Å². The van der Waals surface area contributed by atoms with E-state index in [1.54, 1.807) is 6.20 Å². The van der Waals surface area contributed by atoms with Gasteiger partial charge in [-0.2, -0.15) is 18.3 Å². The maximum Gasteiger partial charge on any atom is 0.432 e. The second-order valence-electron chi connectivity index (χ2n) is 3.91. The number of nitrogens with zero attached hydrogens (tertiary/aromatic N) is 1. The molecule has 2 N–H and O–H groups in total. The van der Waals surface area contributed by atoms with Crippen LogP contribution >= 0.6 is 0 Å². The minimum Gasteiger partial charge on any atom is -0.360 e. The summed E-state index contributed by atoms with van der Waals surface area (Å²) in [6.45, 7) is 0. The van der Waals surface area contributed by atoms with Crippen LogP contribution in [0.2, 0.25) is 0 Å². The number of aromatic amines is 2. The number of nitrogens with one attached hydrogen (secondary N) is 2. The summed E-state index contributed by atoms with van der Waals surface area (Å²) in [7, 11) is 0. The van der Waals surface area contributed by atoms with Gasteiger partial charge in [0, 0.05) is 22.7 Å². The summed E-state index contributed by atoms with van der Waals surface area (Å²) in [4.78, 5) is 3.00. The quantitative estimate of drug-likeness (QED) is 0.682. The van der Waals surface area contributed by atoms with Gasteiger partial charge in [0.1, 0.15) is 5.69 Å². The highest BCUT2D eigenvalue weighted by Gasteiger charge is 2.33. The molecule has 18 heavy (non-hydrogen) atoms. The van der Waals surface area contributed by atoms with Crippen LogP contribution in [0.5, 0.6) is 0 Å². The van der Waals surface area contributed by atoms with Gasteiger partial charge in [-0.15, -0.1) is 0 Å². The van der Waals surface area contributed by atoms with Gasteiger partial charge in [0.2, 0.25) is 0 Å². The van der Waals surface area contributed by atoms with E-state index in [1.165, 1.54) is 0 Å². The van der Waals surface area contributed by atoms with Crippen LogP contribution in [0.15, 0.2) is 36.5 Å². The predicted molar refractivity (Wildman–Crippen MR) is 60.9 cm³/mol. The monoisotopic (exact) mass is 251 g/mol. The summed E-state index contributed by atoms with van der Waals surface area (Å²) in [5, 5.41) is 6.57. The van der Waals surface area contributed by atoms with Crippen molar-refractivity contribution in [1.82, 2.24) is 15.2 Å². The Morgan fingerprint density at radius 1 is 1.11 bits per heavy atom. The first-order valence-corrected chi connectivity index (χ1v) is 5.25. The minimum absolute atomic E-state index is 0.278. The van der Waals surface area contributed by atoms with Gasteiger partial charge in [0.15, 0.2) is 0 Å². The third-order valence-electron chi connectivity index (χ3n) is 2.75. The Kier molecular flexibility index (Phi) is 2.19. The maximum absolute atomic E-state index is 12.5. The summed E-state index contributed by atoms with van der Waals surface area (Å²) in [5.74, 6) is 0. The van der Waals surface area contributed by atoms with E-state index in [0.29, 0.717) is 5.56 Å². The second kappa shape index (κ2) is 3.63. The highest BCUT2D eigenvalue weighted by Crippen LogP contribution is 2.32. The Morgan fingerprint density at radius 2 is 1.89 bits per heavy atom. The number of benzene rings is 1. The van der Waals surface area contributed by atoms with Crippen molar-refractivity contribution in [3.8, 4) is 11.3 Å². The van der Waals surface area contributed by atoms with Crippen molar-refractivity contribution < 1.29 is 13.2 Å². The zero-order chi connectivity index (χ0) is 12.8. The van der Waals surface area contributed by atoms with Gasteiger partial charge >= 0.3 is 6.18 Å². The number of alkyl halides is 3. The number of hydrogen-bond acceptors (Lipinski definition) is 1. The molecular formula is C12H8F3N3. The van der Waals surface area contributed by atoms with Crippen molar-refractivity contribution in [2.24, 2.45) is 0 Å². The fourth-order valence-electron chi connectivity index (χ4n) is 1.89. The summed E-state index contributed by atoms with van der Waals surface area (Å²) in [6, 6.07) is 8.39. The lowest BCUT2D eigenvalue weighted by Gasteiger charge is -1.99. The third kappa shape index (κ3) is 1.66. The highest BCUT2D eigenvalue weighted by atomic mass is 19.4. The molecule has 0 aliphatic rings. The summed E-state index contributed by atoms with van der Waals surface area (Å²) >= 11 is 0. The van der Waals surface area contributed by atoms with Crippen molar-refractivity contribution >= 4 is 10.9 Å². The molecule has 3 aromatic rings. The molecule has 0 aliphatic carbocycles. The Morgan fingerprint density at radius 3 is 2.61 bits per heavy atom. The van der Waals surface area contributed by atoms with Crippen LogP contribution in [-0.2, 0) is 6.18 Å². The molecule has 3 nitrogen and oxygen atoms in total. The second-order valence-corrected chi connectivity index (χ2v) is 3.91. The van der Waals surface area contributed by atoms with E-state index in [0.717, 1.165) is 17.0 Å². The average molecular weight is 251 g/mol. The lowest BCUT2D eigenvalue weighted by atomic mass is 10.1. The summed E-state index contributed by atoms with van der Waals surface area (Å²) < 4.78 is 37.4.